The number of nitrogens with zero attached hydrogens (tertiary/aromatic N) is 1. The zero-order valence-corrected chi connectivity index (χ0v) is 14.0. The zero-order chi connectivity index (χ0) is 16.3. The van der Waals surface area contributed by atoms with E-state index in [2.05, 4.69) is 15.6 Å². The van der Waals surface area contributed by atoms with Gasteiger partial charge in [0.1, 0.15) is 5.82 Å². The third-order valence-corrected chi connectivity index (χ3v) is 6.19. The van der Waals surface area contributed by atoms with E-state index < -0.39 is 9.84 Å². The van der Waals surface area contributed by atoms with E-state index >= 15 is 0 Å². The molecule has 0 radical (unpaired) electrons. The van der Waals surface area contributed by atoms with Crippen LogP contribution in [0.5, 0.6) is 0 Å². The SMILES string of the molecule is O=C(Cc1cccs1)Nc1ccc(NC2CCS(=O)(=O)C2)nc1. The first-order valence-electron chi connectivity index (χ1n) is 7.25. The van der Waals surface area contributed by atoms with E-state index in [1.165, 1.54) is 0 Å². The molecular weight excluding hydrogens is 334 g/mol. The monoisotopic (exact) mass is 351 g/mol. The van der Waals surface area contributed by atoms with Crippen LogP contribution in [0.25, 0.3) is 0 Å². The molecule has 0 aromatic carbocycles. The van der Waals surface area contributed by atoms with Crippen molar-refractivity contribution in [3.05, 3.63) is 40.7 Å². The smallest absolute Gasteiger partial charge is 0.229 e. The van der Waals surface area contributed by atoms with Gasteiger partial charge in [-0.25, -0.2) is 13.4 Å². The number of nitrogens with one attached hydrogen (secondary N) is 2. The fourth-order valence-electron chi connectivity index (χ4n) is 2.45. The van der Waals surface area contributed by atoms with Crippen molar-refractivity contribution in [3.8, 4) is 0 Å². The number of hydrogen-bond donors (Lipinski definition) is 2. The van der Waals surface area contributed by atoms with Gasteiger partial charge in [-0.15, -0.1) is 11.3 Å². The van der Waals surface area contributed by atoms with Gasteiger partial charge in [0, 0.05) is 10.9 Å². The molecule has 8 heteroatoms. The molecule has 23 heavy (non-hydrogen) atoms. The Bertz CT molecular complexity index is 771. The first kappa shape index (κ1) is 15.9. The Labute approximate surface area is 138 Å². The second kappa shape index (κ2) is 6.67. The molecule has 1 unspecified atom stereocenters. The molecule has 2 aromatic rings. The summed E-state index contributed by atoms with van der Waals surface area (Å²) in [6.07, 6.45) is 2.51. The summed E-state index contributed by atoms with van der Waals surface area (Å²) >= 11 is 1.55. The number of amides is 1. The molecule has 1 aliphatic heterocycles. The van der Waals surface area contributed by atoms with Crippen molar-refractivity contribution in [1.82, 2.24) is 4.98 Å². The Kier molecular flexibility index (Phi) is 4.63. The summed E-state index contributed by atoms with van der Waals surface area (Å²) in [4.78, 5) is 17.1. The summed E-state index contributed by atoms with van der Waals surface area (Å²) in [7, 11) is -2.91. The zero-order valence-electron chi connectivity index (χ0n) is 12.4. The number of pyridine rings is 1. The molecule has 2 aromatic heterocycles. The van der Waals surface area contributed by atoms with Gasteiger partial charge in [0.15, 0.2) is 9.84 Å². The first-order valence-corrected chi connectivity index (χ1v) is 9.95. The van der Waals surface area contributed by atoms with Crippen LogP contribution in [0.4, 0.5) is 11.5 Å². The standard InChI is InChI=1S/C15H17N3O3S2/c19-15(8-13-2-1-6-22-13)18-11-3-4-14(16-9-11)17-12-5-7-23(20,21)10-12/h1-4,6,9,12H,5,7-8,10H2,(H,16,17)(H,18,19). The predicted octanol–water partition coefficient (Wildman–Crippen LogP) is 1.92. The lowest BCUT2D eigenvalue weighted by Crippen LogP contribution is -2.21. The lowest BCUT2D eigenvalue weighted by atomic mass is 10.2. The van der Waals surface area contributed by atoms with Gasteiger partial charge in [0.2, 0.25) is 5.91 Å². The maximum Gasteiger partial charge on any atom is 0.229 e. The Hall–Kier alpha value is -1.93. The van der Waals surface area contributed by atoms with E-state index in [-0.39, 0.29) is 23.5 Å². The van der Waals surface area contributed by atoms with Crippen LogP contribution >= 0.6 is 11.3 Å². The number of aromatic nitrogens is 1. The minimum atomic E-state index is -2.91. The molecule has 3 heterocycles. The van der Waals surface area contributed by atoms with Crippen LogP contribution in [0.1, 0.15) is 11.3 Å². The van der Waals surface area contributed by atoms with Crippen LogP contribution in [0.15, 0.2) is 35.8 Å². The second-order valence-corrected chi connectivity index (χ2v) is 8.74. The molecule has 6 nitrogen and oxygen atoms in total. The number of thiophene rings is 1. The Balaban J connectivity index is 1.54. The number of rotatable bonds is 5. The minimum Gasteiger partial charge on any atom is -0.366 e. The van der Waals surface area contributed by atoms with Gasteiger partial charge >= 0.3 is 0 Å². The summed E-state index contributed by atoms with van der Waals surface area (Å²) in [5.41, 5.74) is 0.621. The topological polar surface area (TPSA) is 88.2 Å². The fourth-order valence-corrected chi connectivity index (χ4v) is 4.82. The Morgan fingerprint density at radius 1 is 1.35 bits per heavy atom. The van der Waals surface area contributed by atoms with Crippen LogP contribution in [-0.4, -0.2) is 36.9 Å². The summed E-state index contributed by atoms with van der Waals surface area (Å²) < 4.78 is 22.9. The molecule has 0 saturated carbocycles. The minimum absolute atomic E-state index is 0.0863. The molecule has 3 rings (SSSR count). The molecule has 0 aliphatic carbocycles. The number of hydrogen-bond acceptors (Lipinski definition) is 6. The lowest BCUT2D eigenvalue weighted by Gasteiger charge is -2.12. The number of sulfone groups is 1. The van der Waals surface area contributed by atoms with Crippen molar-refractivity contribution >= 4 is 38.6 Å². The maximum atomic E-state index is 11.9. The highest BCUT2D eigenvalue weighted by Gasteiger charge is 2.27. The highest BCUT2D eigenvalue weighted by molar-refractivity contribution is 7.91. The van der Waals surface area contributed by atoms with Gasteiger partial charge in [-0.05, 0) is 30.0 Å². The van der Waals surface area contributed by atoms with Gasteiger partial charge in [-0.3, -0.25) is 4.79 Å². The van der Waals surface area contributed by atoms with Crippen LogP contribution in [-0.2, 0) is 21.1 Å². The lowest BCUT2D eigenvalue weighted by molar-refractivity contribution is -0.115. The summed E-state index contributed by atoms with van der Waals surface area (Å²) in [6.45, 7) is 0. The molecule has 2 N–H and O–H groups in total. The fraction of sp³-hybridized carbons (Fsp3) is 0.333. The van der Waals surface area contributed by atoms with E-state index in [9.17, 15) is 13.2 Å². The molecular formula is C15H17N3O3S2. The van der Waals surface area contributed by atoms with Gasteiger partial charge in [-0.2, -0.15) is 0 Å². The van der Waals surface area contributed by atoms with Crippen molar-refractivity contribution in [2.45, 2.75) is 18.9 Å². The predicted molar refractivity (Wildman–Crippen MR) is 91.6 cm³/mol. The van der Waals surface area contributed by atoms with Gasteiger partial charge in [-0.1, -0.05) is 6.07 Å². The number of anilines is 2. The van der Waals surface area contributed by atoms with Crippen molar-refractivity contribution in [1.29, 1.82) is 0 Å². The average molecular weight is 351 g/mol. The number of carbonyl (C=O) groups excluding carboxylic acids is 1. The van der Waals surface area contributed by atoms with E-state index in [1.807, 2.05) is 17.5 Å². The van der Waals surface area contributed by atoms with Crippen LogP contribution < -0.4 is 10.6 Å². The average Bonchev–Trinajstić information content (AvgIpc) is 3.10. The van der Waals surface area contributed by atoms with Crippen molar-refractivity contribution in [3.63, 3.8) is 0 Å². The molecule has 122 valence electrons. The van der Waals surface area contributed by atoms with Crippen LogP contribution in [0.2, 0.25) is 0 Å². The van der Waals surface area contributed by atoms with Crippen molar-refractivity contribution in [2.75, 3.05) is 22.1 Å². The molecule has 0 spiro atoms. The summed E-state index contributed by atoms with van der Waals surface area (Å²) in [5, 5.41) is 7.85. The maximum absolute atomic E-state index is 11.9. The van der Waals surface area contributed by atoms with E-state index in [0.29, 0.717) is 24.3 Å². The van der Waals surface area contributed by atoms with Crippen LogP contribution in [0, 0.1) is 0 Å². The Morgan fingerprint density at radius 2 is 2.22 bits per heavy atom. The van der Waals surface area contributed by atoms with E-state index in [4.69, 9.17) is 0 Å². The van der Waals surface area contributed by atoms with E-state index in [1.54, 1.807) is 29.7 Å². The van der Waals surface area contributed by atoms with Crippen molar-refractivity contribution < 1.29 is 13.2 Å². The molecule has 1 aliphatic rings. The normalized spacial score (nSPS) is 19.4. The van der Waals surface area contributed by atoms with Gasteiger partial charge in [0.05, 0.1) is 29.8 Å². The second-order valence-electron chi connectivity index (χ2n) is 5.48. The molecule has 0 bridgehead atoms. The van der Waals surface area contributed by atoms with E-state index in [0.717, 1.165) is 4.88 Å². The largest absolute Gasteiger partial charge is 0.366 e. The van der Waals surface area contributed by atoms with Crippen LogP contribution in [0.3, 0.4) is 0 Å². The number of carbonyl (C=O) groups is 1. The molecule has 1 fully saturated rings. The van der Waals surface area contributed by atoms with Gasteiger partial charge in [0.25, 0.3) is 0 Å². The summed E-state index contributed by atoms with van der Waals surface area (Å²) in [5.74, 6) is 0.899. The molecule has 1 atom stereocenters. The third kappa shape index (κ3) is 4.52. The summed E-state index contributed by atoms with van der Waals surface area (Å²) in [6, 6.07) is 7.24. The van der Waals surface area contributed by atoms with Crippen molar-refractivity contribution in [2.24, 2.45) is 0 Å². The van der Waals surface area contributed by atoms with Gasteiger partial charge < -0.3 is 10.6 Å². The quantitative estimate of drug-likeness (QED) is 0.859. The first-order chi connectivity index (χ1) is 11.0. The highest BCUT2D eigenvalue weighted by atomic mass is 32.2. The molecule has 1 amide bonds. The molecule has 1 saturated heterocycles. The Morgan fingerprint density at radius 3 is 2.83 bits per heavy atom. The third-order valence-electron chi connectivity index (χ3n) is 3.55. The highest BCUT2D eigenvalue weighted by Crippen LogP contribution is 2.17.